The largest absolute Gasteiger partial charge is 0.420 e. The van der Waals surface area contributed by atoms with Gasteiger partial charge in [-0.3, -0.25) is 0 Å². The highest BCUT2D eigenvalue weighted by Crippen LogP contribution is 2.34. The van der Waals surface area contributed by atoms with Crippen molar-refractivity contribution in [2.75, 3.05) is 13.6 Å². The zero-order chi connectivity index (χ0) is 13.8. The Balaban J connectivity index is 1.73. The van der Waals surface area contributed by atoms with Crippen LogP contribution in [0, 0.1) is 0 Å². The van der Waals surface area contributed by atoms with Crippen molar-refractivity contribution in [2.45, 2.75) is 44.9 Å². The number of nitrogens with one attached hydrogen (secondary N) is 1. The van der Waals surface area contributed by atoms with Crippen LogP contribution in [-0.4, -0.2) is 23.8 Å². The zero-order valence-corrected chi connectivity index (χ0v) is 12.8. The lowest BCUT2D eigenvalue weighted by atomic mass is 10.1. The second-order valence-electron chi connectivity index (χ2n) is 5.33. The summed E-state index contributed by atoms with van der Waals surface area (Å²) in [4.78, 5) is 2.66. The van der Waals surface area contributed by atoms with Gasteiger partial charge in [0.15, 0.2) is 0 Å². The summed E-state index contributed by atoms with van der Waals surface area (Å²) in [6.45, 7) is 0.977. The minimum absolute atomic E-state index is 0.697. The summed E-state index contributed by atoms with van der Waals surface area (Å²) < 4.78 is 5.79. The number of nitrogens with zero attached hydrogens (tertiary/aromatic N) is 2. The molecule has 0 aliphatic heterocycles. The van der Waals surface area contributed by atoms with Crippen LogP contribution in [0.5, 0.6) is 0 Å². The number of fused-ring (bicyclic) bond motifs is 1. The summed E-state index contributed by atoms with van der Waals surface area (Å²) in [6.07, 6.45) is 8.26. The van der Waals surface area contributed by atoms with Gasteiger partial charge in [0.2, 0.25) is 5.89 Å². The Hall–Kier alpha value is -1.20. The predicted octanol–water partition coefficient (Wildman–Crippen LogP) is 3.22. The van der Waals surface area contributed by atoms with E-state index in [0.29, 0.717) is 5.89 Å². The maximum Gasteiger partial charge on any atom is 0.257 e. The smallest absolute Gasteiger partial charge is 0.257 e. The topological polar surface area (TPSA) is 51.0 Å². The molecule has 2 aromatic heterocycles. The van der Waals surface area contributed by atoms with Crippen LogP contribution < -0.4 is 5.32 Å². The molecule has 3 rings (SSSR count). The fraction of sp³-hybridized carbons (Fsp3) is 0.600. The molecule has 0 amide bonds. The van der Waals surface area contributed by atoms with Gasteiger partial charge in [0.05, 0.1) is 4.88 Å². The Kier molecular flexibility index (Phi) is 4.47. The normalized spacial score (nSPS) is 15.1. The molecule has 1 aliphatic carbocycles. The maximum absolute atomic E-state index is 5.79. The van der Waals surface area contributed by atoms with Crippen molar-refractivity contribution in [1.29, 1.82) is 0 Å². The van der Waals surface area contributed by atoms with Crippen molar-refractivity contribution < 1.29 is 4.42 Å². The number of aromatic nitrogens is 2. The van der Waals surface area contributed by atoms with E-state index in [0.717, 1.165) is 30.2 Å². The van der Waals surface area contributed by atoms with E-state index in [1.165, 1.54) is 42.5 Å². The molecule has 2 heterocycles. The first-order valence-electron chi connectivity index (χ1n) is 7.46. The molecule has 20 heavy (non-hydrogen) atoms. The Morgan fingerprint density at radius 2 is 2.15 bits per heavy atom. The second kappa shape index (κ2) is 6.50. The SMILES string of the molecule is CNCCCc1nnc(-c2cc3c(s2)CCCCC3)o1. The molecule has 2 aromatic rings. The van der Waals surface area contributed by atoms with Crippen LogP contribution in [0.15, 0.2) is 10.5 Å². The molecular weight excluding hydrogens is 270 g/mol. The fourth-order valence-corrected chi connectivity index (χ4v) is 3.82. The van der Waals surface area contributed by atoms with Gasteiger partial charge in [-0.2, -0.15) is 0 Å². The highest BCUT2D eigenvalue weighted by Gasteiger charge is 2.16. The van der Waals surface area contributed by atoms with Gasteiger partial charge in [-0.15, -0.1) is 21.5 Å². The number of hydrogen-bond donors (Lipinski definition) is 1. The Morgan fingerprint density at radius 1 is 1.25 bits per heavy atom. The molecule has 1 aliphatic rings. The van der Waals surface area contributed by atoms with E-state index in [2.05, 4.69) is 21.6 Å². The highest BCUT2D eigenvalue weighted by molar-refractivity contribution is 7.15. The molecule has 0 radical (unpaired) electrons. The van der Waals surface area contributed by atoms with Gasteiger partial charge in [0, 0.05) is 11.3 Å². The first-order valence-corrected chi connectivity index (χ1v) is 8.27. The van der Waals surface area contributed by atoms with Gasteiger partial charge in [-0.25, -0.2) is 0 Å². The van der Waals surface area contributed by atoms with Crippen molar-refractivity contribution in [3.05, 3.63) is 22.4 Å². The van der Waals surface area contributed by atoms with Crippen molar-refractivity contribution in [2.24, 2.45) is 0 Å². The van der Waals surface area contributed by atoms with Crippen LogP contribution in [0.25, 0.3) is 10.8 Å². The average Bonchev–Trinajstić information content (AvgIpc) is 3.02. The summed E-state index contributed by atoms with van der Waals surface area (Å²) in [6, 6.07) is 2.26. The molecule has 4 nitrogen and oxygen atoms in total. The first kappa shape index (κ1) is 13.8. The van der Waals surface area contributed by atoms with E-state index in [1.54, 1.807) is 0 Å². The number of thiophene rings is 1. The van der Waals surface area contributed by atoms with Gasteiger partial charge in [-0.05, 0) is 57.3 Å². The van der Waals surface area contributed by atoms with E-state index in [1.807, 2.05) is 18.4 Å². The summed E-state index contributed by atoms with van der Waals surface area (Å²) in [7, 11) is 1.96. The van der Waals surface area contributed by atoms with E-state index in [4.69, 9.17) is 4.42 Å². The van der Waals surface area contributed by atoms with Crippen molar-refractivity contribution in [3.63, 3.8) is 0 Å². The Morgan fingerprint density at radius 3 is 3.05 bits per heavy atom. The summed E-state index contributed by atoms with van der Waals surface area (Å²) in [5, 5.41) is 11.5. The molecule has 0 atom stereocenters. The molecule has 0 fully saturated rings. The maximum atomic E-state index is 5.79. The van der Waals surface area contributed by atoms with Crippen LogP contribution in [0.4, 0.5) is 0 Å². The first-order chi connectivity index (χ1) is 9.86. The number of aryl methyl sites for hydroxylation is 3. The molecule has 5 heteroatoms. The van der Waals surface area contributed by atoms with Crippen LogP contribution in [0.3, 0.4) is 0 Å². The Labute approximate surface area is 123 Å². The van der Waals surface area contributed by atoms with Crippen LogP contribution >= 0.6 is 11.3 Å². The van der Waals surface area contributed by atoms with Gasteiger partial charge < -0.3 is 9.73 Å². The molecule has 108 valence electrons. The molecule has 0 spiro atoms. The van der Waals surface area contributed by atoms with Crippen molar-refractivity contribution in [3.8, 4) is 10.8 Å². The van der Waals surface area contributed by atoms with E-state index in [9.17, 15) is 0 Å². The molecule has 0 saturated heterocycles. The third kappa shape index (κ3) is 3.10. The minimum atomic E-state index is 0.697. The average molecular weight is 291 g/mol. The van der Waals surface area contributed by atoms with E-state index < -0.39 is 0 Å². The summed E-state index contributed by atoms with van der Waals surface area (Å²) >= 11 is 1.83. The van der Waals surface area contributed by atoms with Gasteiger partial charge in [-0.1, -0.05) is 6.42 Å². The summed E-state index contributed by atoms with van der Waals surface area (Å²) in [5.74, 6) is 1.45. The lowest BCUT2D eigenvalue weighted by Gasteiger charge is -1.94. The lowest BCUT2D eigenvalue weighted by molar-refractivity contribution is 0.495. The highest BCUT2D eigenvalue weighted by atomic mass is 32.1. The predicted molar refractivity (Wildman–Crippen MR) is 81.1 cm³/mol. The number of hydrogen-bond acceptors (Lipinski definition) is 5. The zero-order valence-electron chi connectivity index (χ0n) is 11.9. The third-order valence-electron chi connectivity index (χ3n) is 3.74. The number of rotatable bonds is 5. The van der Waals surface area contributed by atoms with Crippen LogP contribution in [-0.2, 0) is 19.3 Å². The third-order valence-corrected chi connectivity index (χ3v) is 4.97. The second-order valence-corrected chi connectivity index (χ2v) is 6.46. The molecule has 1 N–H and O–H groups in total. The van der Waals surface area contributed by atoms with Gasteiger partial charge >= 0.3 is 0 Å². The fourth-order valence-electron chi connectivity index (χ4n) is 2.64. The minimum Gasteiger partial charge on any atom is -0.420 e. The quantitative estimate of drug-likeness (QED) is 0.679. The monoisotopic (exact) mass is 291 g/mol. The van der Waals surface area contributed by atoms with Crippen molar-refractivity contribution >= 4 is 11.3 Å². The molecular formula is C15H21N3OS. The lowest BCUT2D eigenvalue weighted by Crippen LogP contribution is -2.08. The van der Waals surface area contributed by atoms with Gasteiger partial charge in [0.1, 0.15) is 0 Å². The molecule has 0 unspecified atom stereocenters. The summed E-state index contributed by atoms with van der Waals surface area (Å²) in [5.41, 5.74) is 1.50. The van der Waals surface area contributed by atoms with Gasteiger partial charge in [0.25, 0.3) is 5.89 Å². The molecule has 0 saturated carbocycles. The van der Waals surface area contributed by atoms with E-state index in [-0.39, 0.29) is 0 Å². The Bertz CT molecular complexity index is 538. The van der Waals surface area contributed by atoms with Crippen LogP contribution in [0.2, 0.25) is 0 Å². The molecule has 0 aromatic carbocycles. The van der Waals surface area contributed by atoms with Crippen LogP contribution in [0.1, 0.15) is 42.0 Å². The molecule has 0 bridgehead atoms. The standard InChI is InChI=1S/C15H21N3OS/c1-16-9-5-8-14-17-18-15(19-14)13-10-11-6-3-2-4-7-12(11)20-13/h10,16H,2-9H2,1H3. The van der Waals surface area contributed by atoms with E-state index >= 15 is 0 Å². The van der Waals surface area contributed by atoms with Crippen molar-refractivity contribution in [1.82, 2.24) is 15.5 Å².